The van der Waals surface area contributed by atoms with E-state index in [0.717, 1.165) is 29.8 Å². The number of hydrogen-bond acceptors (Lipinski definition) is 4. The summed E-state index contributed by atoms with van der Waals surface area (Å²) in [5.41, 5.74) is 2.74. The number of hydrogen-bond donors (Lipinski definition) is 3. The van der Waals surface area contributed by atoms with Crippen molar-refractivity contribution in [1.82, 2.24) is 5.32 Å². The first-order chi connectivity index (χ1) is 12.6. The van der Waals surface area contributed by atoms with Gasteiger partial charge in [-0.15, -0.1) is 0 Å². The Morgan fingerprint density at radius 2 is 1.62 bits per heavy atom. The largest absolute Gasteiger partial charge is 0.445 e. The molecular formula is C20H23N3O3. The molecule has 0 bridgehead atoms. The summed E-state index contributed by atoms with van der Waals surface area (Å²) in [6.07, 6.45) is 1.33. The Kier molecular flexibility index (Phi) is 5.73. The van der Waals surface area contributed by atoms with Crippen LogP contribution in [0.25, 0.3) is 0 Å². The fraction of sp³-hybridized carbons (Fsp3) is 0.300. The zero-order valence-electron chi connectivity index (χ0n) is 14.7. The Morgan fingerprint density at radius 1 is 0.962 bits per heavy atom. The molecule has 0 atom stereocenters. The molecule has 0 heterocycles. The molecule has 0 unspecified atom stereocenters. The van der Waals surface area contributed by atoms with Crippen LogP contribution < -0.4 is 16.0 Å². The molecule has 2 amide bonds. The van der Waals surface area contributed by atoms with Crippen LogP contribution in [-0.2, 0) is 16.1 Å². The van der Waals surface area contributed by atoms with Gasteiger partial charge in [-0.2, -0.15) is 0 Å². The van der Waals surface area contributed by atoms with Gasteiger partial charge in [0.1, 0.15) is 6.61 Å². The lowest BCUT2D eigenvalue weighted by atomic mass is 9.86. The van der Waals surface area contributed by atoms with E-state index in [2.05, 4.69) is 16.0 Å². The van der Waals surface area contributed by atoms with E-state index in [1.807, 2.05) is 54.6 Å². The topological polar surface area (TPSA) is 79.5 Å². The predicted molar refractivity (Wildman–Crippen MR) is 101 cm³/mol. The molecule has 136 valence electrons. The van der Waals surface area contributed by atoms with Crippen LogP contribution in [0.15, 0.2) is 54.6 Å². The lowest BCUT2D eigenvalue weighted by molar-refractivity contribution is -0.114. The summed E-state index contributed by atoms with van der Waals surface area (Å²) >= 11 is 0. The van der Waals surface area contributed by atoms with Gasteiger partial charge in [-0.25, -0.2) is 4.79 Å². The van der Waals surface area contributed by atoms with Crippen molar-refractivity contribution in [3.8, 4) is 0 Å². The van der Waals surface area contributed by atoms with Crippen molar-refractivity contribution in [3.63, 3.8) is 0 Å². The molecule has 0 aliphatic heterocycles. The van der Waals surface area contributed by atoms with Gasteiger partial charge in [-0.05, 0) is 42.7 Å². The second kappa shape index (κ2) is 8.38. The van der Waals surface area contributed by atoms with Crippen molar-refractivity contribution >= 4 is 23.4 Å². The molecule has 0 radical (unpaired) electrons. The van der Waals surface area contributed by atoms with E-state index in [0.29, 0.717) is 6.04 Å². The fourth-order valence-corrected chi connectivity index (χ4v) is 2.87. The summed E-state index contributed by atoms with van der Waals surface area (Å²) < 4.78 is 5.23. The van der Waals surface area contributed by atoms with Gasteiger partial charge in [0.2, 0.25) is 5.91 Å². The van der Waals surface area contributed by atoms with Crippen LogP contribution in [0, 0.1) is 0 Å². The second-order valence-corrected chi connectivity index (χ2v) is 6.47. The van der Waals surface area contributed by atoms with Gasteiger partial charge < -0.3 is 20.7 Å². The van der Waals surface area contributed by atoms with Crippen LogP contribution in [0.5, 0.6) is 0 Å². The SMILES string of the molecule is CC(=O)Nc1ccc(NC2CC(NC(=O)OCc3ccccc3)C2)cc1. The number of alkyl carbamates (subject to hydrolysis) is 1. The third kappa shape index (κ3) is 5.24. The predicted octanol–water partition coefficient (Wildman–Crippen LogP) is 3.51. The summed E-state index contributed by atoms with van der Waals surface area (Å²) in [6.45, 7) is 1.76. The number of ether oxygens (including phenoxy) is 1. The molecular weight excluding hydrogens is 330 g/mol. The van der Waals surface area contributed by atoms with Gasteiger partial charge in [-0.1, -0.05) is 30.3 Å². The zero-order valence-corrected chi connectivity index (χ0v) is 14.7. The second-order valence-electron chi connectivity index (χ2n) is 6.47. The Labute approximate surface area is 152 Å². The van der Waals surface area contributed by atoms with E-state index >= 15 is 0 Å². The lowest BCUT2D eigenvalue weighted by Crippen LogP contribution is -2.49. The number of benzene rings is 2. The number of carbonyl (C=O) groups is 2. The van der Waals surface area contributed by atoms with Crippen molar-refractivity contribution in [2.75, 3.05) is 10.6 Å². The molecule has 1 saturated carbocycles. The van der Waals surface area contributed by atoms with Gasteiger partial charge in [0.25, 0.3) is 0 Å². The van der Waals surface area contributed by atoms with Crippen molar-refractivity contribution in [2.24, 2.45) is 0 Å². The smallest absolute Gasteiger partial charge is 0.407 e. The molecule has 3 N–H and O–H groups in total. The van der Waals surface area contributed by atoms with Crippen LogP contribution in [0.2, 0.25) is 0 Å². The van der Waals surface area contributed by atoms with E-state index in [9.17, 15) is 9.59 Å². The first-order valence-corrected chi connectivity index (χ1v) is 8.70. The van der Waals surface area contributed by atoms with E-state index in [1.54, 1.807) is 0 Å². The minimum absolute atomic E-state index is 0.0854. The third-order valence-corrected chi connectivity index (χ3v) is 4.25. The lowest BCUT2D eigenvalue weighted by Gasteiger charge is -2.36. The summed E-state index contributed by atoms with van der Waals surface area (Å²) in [5.74, 6) is -0.0854. The highest BCUT2D eigenvalue weighted by Crippen LogP contribution is 2.25. The monoisotopic (exact) mass is 353 g/mol. The Bertz CT molecular complexity index is 741. The first-order valence-electron chi connectivity index (χ1n) is 8.70. The number of nitrogens with one attached hydrogen (secondary N) is 3. The molecule has 2 aromatic carbocycles. The van der Waals surface area contributed by atoms with Crippen LogP contribution in [0.4, 0.5) is 16.2 Å². The van der Waals surface area contributed by atoms with E-state index in [4.69, 9.17) is 4.74 Å². The Hall–Kier alpha value is -3.02. The highest BCUT2D eigenvalue weighted by molar-refractivity contribution is 5.88. The Morgan fingerprint density at radius 3 is 2.27 bits per heavy atom. The normalized spacial score (nSPS) is 18.3. The molecule has 6 nitrogen and oxygen atoms in total. The molecule has 0 spiro atoms. The maximum absolute atomic E-state index is 11.8. The highest BCUT2D eigenvalue weighted by atomic mass is 16.5. The Balaban J connectivity index is 1.35. The summed E-state index contributed by atoms with van der Waals surface area (Å²) in [5, 5.41) is 9.04. The first kappa shape index (κ1) is 17.8. The molecule has 6 heteroatoms. The van der Waals surface area contributed by atoms with Crippen LogP contribution in [-0.4, -0.2) is 24.1 Å². The average molecular weight is 353 g/mol. The molecule has 0 saturated heterocycles. The number of rotatable bonds is 6. The third-order valence-electron chi connectivity index (χ3n) is 4.25. The molecule has 0 aromatic heterocycles. The zero-order chi connectivity index (χ0) is 18.4. The molecule has 3 rings (SSSR count). The van der Waals surface area contributed by atoms with Gasteiger partial charge in [0.05, 0.1) is 0 Å². The van der Waals surface area contributed by atoms with E-state index in [1.165, 1.54) is 6.92 Å². The van der Waals surface area contributed by atoms with Crippen molar-refractivity contribution in [1.29, 1.82) is 0 Å². The average Bonchev–Trinajstić information content (AvgIpc) is 2.60. The maximum Gasteiger partial charge on any atom is 0.407 e. The van der Waals surface area contributed by atoms with Crippen molar-refractivity contribution in [3.05, 3.63) is 60.2 Å². The van der Waals surface area contributed by atoms with Gasteiger partial charge in [-0.3, -0.25) is 4.79 Å². The molecule has 1 aliphatic rings. The minimum Gasteiger partial charge on any atom is -0.445 e. The van der Waals surface area contributed by atoms with Gasteiger partial charge in [0.15, 0.2) is 0 Å². The number of anilines is 2. The fourth-order valence-electron chi connectivity index (χ4n) is 2.87. The molecule has 26 heavy (non-hydrogen) atoms. The summed E-state index contributed by atoms with van der Waals surface area (Å²) in [6, 6.07) is 17.7. The van der Waals surface area contributed by atoms with Gasteiger partial charge in [0, 0.05) is 30.4 Å². The maximum atomic E-state index is 11.8. The van der Waals surface area contributed by atoms with Crippen LogP contribution in [0.3, 0.4) is 0 Å². The minimum atomic E-state index is -0.378. The molecule has 1 fully saturated rings. The van der Waals surface area contributed by atoms with E-state index < -0.39 is 0 Å². The number of amides is 2. The number of carbonyl (C=O) groups excluding carboxylic acids is 2. The summed E-state index contributed by atoms with van der Waals surface area (Å²) in [4.78, 5) is 22.8. The van der Waals surface area contributed by atoms with Crippen LogP contribution >= 0.6 is 0 Å². The van der Waals surface area contributed by atoms with Crippen molar-refractivity contribution in [2.45, 2.75) is 38.5 Å². The molecule has 2 aromatic rings. The van der Waals surface area contributed by atoms with Crippen LogP contribution in [0.1, 0.15) is 25.3 Å². The standard InChI is InChI=1S/C20H23N3O3/c1-14(24)21-16-7-9-17(10-8-16)22-18-11-19(12-18)23-20(25)26-13-15-5-3-2-4-6-15/h2-10,18-19,22H,11-13H2,1H3,(H,21,24)(H,23,25). The van der Waals surface area contributed by atoms with E-state index in [-0.39, 0.29) is 24.6 Å². The van der Waals surface area contributed by atoms with Crippen molar-refractivity contribution < 1.29 is 14.3 Å². The molecule has 1 aliphatic carbocycles. The van der Waals surface area contributed by atoms with Gasteiger partial charge >= 0.3 is 6.09 Å². The highest BCUT2D eigenvalue weighted by Gasteiger charge is 2.30. The quantitative estimate of drug-likeness (QED) is 0.742. The summed E-state index contributed by atoms with van der Waals surface area (Å²) in [7, 11) is 0.